The van der Waals surface area contributed by atoms with Gasteiger partial charge in [-0.1, -0.05) is 32.1 Å². The summed E-state index contributed by atoms with van der Waals surface area (Å²) in [5.41, 5.74) is 0. The molecule has 3 nitrogen and oxygen atoms in total. The number of hydrogen-bond donors (Lipinski definition) is 0. The molecular weight excluding hydrogens is 263 g/mol. The van der Waals surface area contributed by atoms with Crippen molar-refractivity contribution in [3.63, 3.8) is 0 Å². The zero-order valence-corrected chi connectivity index (χ0v) is 11.7. The molecule has 0 aromatic rings. The molecule has 67 valence electrons. The average molecular weight is 273 g/mol. The van der Waals surface area contributed by atoms with Crippen LogP contribution in [0.4, 0.5) is 0 Å². The molecule has 0 N–H and O–H groups in total. The van der Waals surface area contributed by atoms with Gasteiger partial charge < -0.3 is 0 Å². The molecule has 1 aliphatic carbocycles. The van der Waals surface area contributed by atoms with Crippen molar-refractivity contribution in [1.29, 1.82) is 0 Å². The first kappa shape index (κ1) is 29.2. The summed E-state index contributed by atoms with van der Waals surface area (Å²) in [5, 5.41) is 0. The van der Waals surface area contributed by atoms with Gasteiger partial charge in [-0.15, -0.1) is 0 Å². The van der Waals surface area contributed by atoms with Crippen LogP contribution in [0.25, 0.3) is 0 Å². The van der Waals surface area contributed by atoms with Crippen LogP contribution in [0.3, 0.4) is 0 Å². The maximum atomic E-state index is 7.50. The van der Waals surface area contributed by atoms with Crippen LogP contribution in [0.1, 0.15) is 32.1 Å². The van der Waals surface area contributed by atoms with E-state index in [1.165, 1.54) is 32.1 Å². The van der Waals surface area contributed by atoms with E-state index in [1.54, 1.807) is 0 Å². The zero-order valence-electron chi connectivity index (χ0n) is 7.67. The third-order valence-corrected chi connectivity index (χ3v) is 1.25. The van der Waals surface area contributed by atoms with Gasteiger partial charge in [-0.25, -0.2) is 0 Å². The molecule has 1 radical (unpaired) electrons. The van der Waals surface area contributed by atoms with E-state index in [9.17, 15) is 0 Å². The fourth-order valence-electron chi connectivity index (χ4n) is 0.884. The first-order valence-corrected chi connectivity index (χ1v) is 3.11. The van der Waals surface area contributed by atoms with Gasteiger partial charge in [0.2, 0.25) is 0 Å². The predicted molar refractivity (Wildman–Crippen MR) is 40.6 cm³/mol. The largest absolute Gasteiger partial charge is 0 e. The fraction of sp³-hybridized carbons (Fsp3) is 0.625. The van der Waals surface area contributed by atoms with Gasteiger partial charge in [0.05, 0.1) is 0 Å². The molecule has 0 bridgehead atoms. The van der Waals surface area contributed by atoms with E-state index in [4.69, 9.17) is 14.0 Å². The molecule has 0 amide bonds. The second kappa shape index (κ2) is 52.4. The molecule has 0 atom stereocenters. The summed E-state index contributed by atoms with van der Waals surface area (Å²) in [5.74, 6) is 0. The summed E-state index contributed by atoms with van der Waals surface area (Å²) < 4.78 is 22.5. The van der Waals surface area contributed by atoms with Crippen molar-refractivity contribution in [2.75, 3.05) is 0 Å². The summed E-state index contributed by atoms with van der Waals surface area (Å²) in [6, 6.07) is 0. The third-order valence-electron chi connectivity index (χ3n) is 1.25. The molecule has 0 aromatic heterocycles. The second-order valence-corrected chi connectivity index (χ2v) is 1.77. The van der Waals surface area contributed by atoms with Crippen LogP contribution in [0, 0.1) is 20.0 Å². The average Bonchev–Trinajstić information content (AvgIpc) is 2.71. The van der Waals surface area contributed by atoms with Crippen molar-refractivity contribution >= 4 is 29.6 Å². The van der Waals surface area contributed by atoms with Crippen molar-refractivity contribution < 1.29 is 35.0 Å². The van der Waals surface area contributed by atoms with Crippen molar-refractivity contribution in [3.8, 4) is 0 Å². The van der Waals surface area contributed by atoms with Crippen LogP contribution in [-0.2, 0) is 35.0 Å². The van der Waals surface area contributed by atoms with E-state index in [1.807, 2.05) is 0 Å². The summed E-state index contributed by atoms with van der Waals surface area (Å²) in [4.78, 5) is 0. The Balaban J connectivity index is -0.0000000239. The molecule has 5 heteroatoms. The minimum atomic E-state index is 0. The first-order chi connectivity index (χ1) is 5.50. The van der Waals surface area contributed by atoms with Crippen LogP contribution in [0.15, 0.2) is 0 Å². The third kappa shape index (κ3) is 44.0. The molecule has 0 spiro atoms. The Hall–Kier alpha value is 0.908. The molecule has 1 fully saturated rings. The van der Waals surface area contributed by atoms with Gasteiger partial charge in [-0.05, 0) is 0 Å². The van der Waals surface area contributed by atoms with E-state index in [0.717, 1.165) is 0 Å². The maximum Gasteiger partial charge on any atom is 0 e. The molecule has 0 aromatic carbocycles. The Morgan fingerprint density at radius 1 is 0.538 bits per heavy atom. The van der Waals surface area contributed by atoms with Crippen LogP contribution >= 0.6 is 0 Å². The van der Waals surface area contributed by atoms with Crippen molar-refractivity contribution in [3.05, 3.63) is 20.0 Å². The second-order valence-electron chi connectivity index (χ2n) is 1.77. The molecular formula is C8H10MoNaO3. The van der Waals surface area contributed by atoms with Crippen LogP contribution < -0.4 is 0 Å². The minimum Gasteiger partial charge on any atom is 0 e. The van der Waals surface area contributed by atoms with Crippen molar-refractivity contribution in [1.82, 2.24) is 0 Å². The van der Waals surface area contributed by atoms with E-state index in [0.29, 0.717) is 0 Å². The minimum absolute atomic E-state index is 0. The topological polar surface area (TPSA) is 59.7 Å². The Bertz CT molecular complexity index is 85.8. The van der Waals surface area contributed by atoms with E-state index in [2.05, 4.69) is 20.0 Å². The molecule has 13 heavy (non-hydrogen) atoms. The molecule has 1 aliphatic rings. The van der Waals surface area contributed by atoms with Gasteiger partial charge >= 0.3 is 33.9 Å². The van der Waals surface area contributed by atoms with Crippen molar-refractivity contribution in [2.24, 2.45) is 0 Å². The molecule has 0 saturated heterocycles. The Kier molecular flexibility index (Phi) is 118. The predicted octanol–water partition coefficient (Wildman–Crippen LogP) is 1.45. The quantitative estimate of drug-likeness (QED) is 0.364. The van der Waals surface area contributed by atoms with E-state index < -0.39 is 0 Å². The number of hydrogen-bond acceptors (Lipinski definition) is 0. The number of rotatable bonds is 0. The Labute approximate surface area is 116 Å². The Morgan fingerprint density at radius 2 is 0.615 bits per heavy atom. The first-order valence-electron chi connectivity index (χ1n) is 3.11. The summed E-state index contributed by atoms with van der Waals surface area (Å²) in [6.45, 7) is 13.5. The van der Waals surface area contributed by atoms with Gasteiger partial charge in [0, 0.05) is 50.6 Å². The van der Waals surface area contributed by atoms with Crippen LogP contribution in [0.2, 0.25) is 0 Å². The summed E-state index contributed by atoms with van der Waals surface area (Å²) >= 11 is 0. The molecule has 0 aliphatic heterocycles. The zero-order chi connectivity index (χ0) is 9.54. The fourth-order valence-corrected chi connectivity index (χ4v) is 0.884. The monoisotopic (exact) mass is 275 g/mol. The SMILES string of the molecule is C1CCCC1.[C-]#[O+].[C-]#[O+].[C-]#[O+].[Mo].[Na]. The van der Waals surface area contributed by atoms with Gasteiger partial charge in [0.15, 0.2) is 0 Å². The smallest absolute Gasteiger partial charge is 0 e. The van der Waals surface area contributed by atoms with Gasteiger partial charge in [0.25, 0.3) is 0 Å². The molecule has 0 heterocycles. The Morgan fingerprint density at radius 3 is 0.692 bits per heavy atom. The summed E-state index contributed by atoms with van der Waals surface area (Å²) in [7, 11) is 0. The summed E-state index contributed by atoms with van der Waals surface area (Å²) in [6.07, 6.45) is 7.50. The van der Waals surface area contributed by atoms with Gasteiger partial charge in [-0.2, -0.15) is 0 Å². The maximum absolute atomic E-state index is 7.50. The standard InChI is InChI=1S/C5H10.3CO.Mo.Na/c1-2-4-5-3-1;3*1-2;;/h1-5H2;;;;;. The van der Waals surface area contributed by atoms with Crippen molar-refractivity contribution in [2.45, 2.75) is 32.1 Å². The molecule has 1 saturated carbocycles. The van der Waals surface area contributed by atoms with Crippen LogP contribution in [0.5, 0.6) is 0 Å². The normalized spacial score (nSPS) is 9.69. The van der Waals surface area contributed by atoms with Gasteiger partial charge in [-0.3, -0.25) is 0 Å². The molecule has 1 rings (SSSR count). The van der Waals surface area contributed by atoms with E-state index >= 15 is 0 Å². The molecule has 0 unspecified atom stereocenters. The van der Waals surface area contributed by atoms with Crippen LogP contribution in [-0.4, -0.2) is 29.6 Å². The van der Waals surface area contributed by atoms with E-state index in [-0.39, 0.29) is 50.6 Å². The van der Waals surface area contributed by atoms with Gasteiger partial charge in [0.1, 0.15) is 0 Å².